The molecule has 0 aromatic heterocycles. The summed E-state index contributed by atoms with van der Waals surface area (Å²) in [4.78, 5) is 24.5. The maximum atomic E-state index is 11.8. The Balaban J connectivity index is 1.91. The predicted molar refractivity (Wildman–Crippen MR) is 73.6 cm³/mol. The summed E-state index contributed by atoms with van der Waals surface area (Å²) in [6.45, 7) is 0.888. The summed E-state index contributed by atoms with van der Waals surface area (Å²) in [5, 5.41) is 9.03. The fraction of sp³-hybridized carbons (Fsp3) is 0.467. The topological polar surface area (TPSA) is 66.8 Å². The van der Waals surface area contributed by atoms with Crippen LogP contribution in [0.25, 0.3) is 0 Å². The molecular formula is C15H19NO4. The first-order valence-corrected chi connectivity index (χ1v) is 6.73. The Bertz CT molecular complexity index is 483. The average molecular weight is 277 g/mol. The van der Waals surface area contributed by atoms with Gasteiger partial charge in [-0.1, -0.05) is 12.1 Å². The lowest BCUT2D eigenvalue weighted by molar-refractivity contribution is -0.147. The number of carboxylic acid groups (broad SMARTS) is 1. The van der Waals surface area contributed by atoms with Crippen molar-refractivity contribution in [2.24, 2.45) is 5.92 Å². The van der Waals surface area contributed by atoms with Crippen LogP contribution in [0.3, 0.4) is 0 Å². The number of carbonyl (C=O) groups excluding carboxylic acids is 1. The van der Waals surface area contributed by atoms with Crippen molar-refractivity contribution >= 4 is 11.9 Å². The molecule has 0 bridgehead atoms. The van der Waals surface area contributed by atoms with E-state index in [4.69, 9.17) is 9.84 Å². The summed E-state index contributed by atoms with van der Waals surface area (Å²) in [5.41, 5.74) is 1.11. The van der Waals surface area contributed by atoms with Crippen molar-refractivity contribution in [2.45, 2.75) is 19.3 Å². The van der Waals surface area contributed by atoms with Crippen LogP contribution in [-0.4, -0.2) is 42.1 Å². The van der Waals surface area contributed by atoms with E-state index in [9.17, 15) is 9.59 Å². The quantitative estimate of drug-likeness (QED) is 0.887. The Morgan fingerprint density at radius 2 is 2.10 bits per heavy atom. The summed E-state index contributed by atoms with van der Waals surface area (Å²) in [7, 11) is 1.62. The van der Waals surface area contributed by atoms with Crippen LogP contribution < -0.4 is 4.74 Å². The van der Waals surface area contributed by atoms with Gasteiger partial charge in [0.2, 0.25) is 5.91 Å². The molecule has 0 aliphatic carbocycles. The van der Waals surface area contributed by atoms with Gasteiger partial charge in [-0.25, -0.2) is 0 Å². The Morgan fingerprint density at radius 3 is 2.70 bits per heavy atom. The van der Waals surface area contributed by atoms with E-state index in [-0.39, 0.29) is 5.91 Å². The summed E-state index contributed by atoms with van der Waals surface area (Å²) in [6.07, 6.45) is 1.51. The predicted octanol–water partition coefficient (Wildman–Crippen LogP) is 1.56. The zero-order valence-electron chi connectivity index (χ0n) is 11.5. The second-order valence-corrected chi connectivity index (χ2v) is 5.01. The van der Waals surface area contributed by atoms with Gasteiger partial charge in [0.1, 0.15) is 5.75 Å². The first kappa shape index (κ1) is 14.4. The molecule has 1 aliphatic heterocycles. The minimum absolute atomic E-state index is 0.0519. The van der Waals surface area contributed by atoms with Gasteiger partial charge in [0, 0.05) is 19.5 Å². The number of amides is 1. The van der Waals surface area contributed by atoms with Gasteiger partial charge in [-0.2, -0.15) is 0 Å². The van der Waals surface area contributed by atoms with Crippen molar-refractivity contribution in [1.82, 2.24) is 4.90 Å². The van der Waals surface area contributed by atoms with Gasteiger partial charge in [0.25, 0.3) is 0 Å². The van der Waals surface area contributed by atoms with Crippen LogP contribution in [0.15, 0.2) is 24.3 Å². The molecular weight excluding hydrogens is 258 g/mol. The molecule has 0 unspecified atom stereocenters. The number of hydrogen-bond acceptors (Lipinski definition) is 3. The standard InChI is InChI=1S/C15H19NO4/c1-20-13-5-2-11(3-6-13)8-9-16-10-12(15(18)19)4-7-14(16)17/h2-3,5-6,12H,4,7-10H2,1H3,(H,18,19)/t12-/m0/s1. The minimum Gasteiger partial charge on any atom is -0.497 e. The molecule has 1 aromatic rings. The monoisotopic (exact) mass is 277 g/mol. The van der Waals surface area contributed by atoms with Gasteiger partial charge in [-0.3, -0.25) is 9.59 Å². The molecule has 1 atom stereocenters. The smallest absolute Gasteiger partial charge is 0.308 e. The Morgan fingerprint density at radius 1 is 1.40 bits per heavy atom. The van der Waals surface area contributed by atoms with Crippen molar-refractivity contribution in [2.75, 3.05) is 20.2 Å². The lowest BCUT2D eigenvalue weighted by Crippen LogP contribution is -2.43. The molecule has 1 amide bonds. The molecule has 1 aliphatic rings. The first-order valence-electron chi connectivity index (χ1n) is 6.73. The number of nitrogens with zero attached hydrogens (tertiary/aromatic N) is 1. The molecule has 1 heterocycles. The van der Waals surface area contributed by atoms with E-state index in [1.807, 2.05) is 24.3 Å². The average Bonchev–Trinajstić information content (AvgIpc) is 2.46. The number of benzene rings is 1. The highest BCUT2D eigenvalue weighted by Gasteiger charge is 2.29. The van der Waals surface area contributed by atoms with Gasteiger partial charge >= 0.3 is 5.97 Å². The number of methoxy groups -OCH3 is 1. The Kier molecular flexibility index (Phi) is 4.61. The van der Waals surface area contributed by atoms with E-state index < -0.39 is 11.9 Å². The lowest BCUT2D eigenvalue weighted by Gasteiger charge is -2.30. The number of piperidine rings is 1. The van der Waals surface area contributed by atoms with Gasteiger partial charge in [-0.15, -0.1) is 0 Å². The SMILES string of the molecule is COc1ccc(CCN2C[C@@H](C(=O)O)CCC2=O)cc1. The second-order valence-electron chi connectivity index (χ2n) is 5.01. The normalized spacial score (nSPS) is 18.9. The van der Waals surface area contributed by atoms with Crippen molar-refractivity contribution in [3.8, 4) is 5.75 Å². The molecule has 2 rings (SSSR count). The molecule has 5 heteroatoms. The number of rotatable bonds is 5. The zero-order chi connectivity index (χ0) is 14.5. The Hall–Kier alpha value is -2.04. The second kappa shape index (κ2) is 6.41. The highest BCUT2D eigenvalue weighted by atomic mass is 16.5. The fourth-order valence-electron chi connectivity index (χ4n) is 2.39. The van der Waals surface area contributed by atoms with Crippen LogP contribution in [-0.2, 0) is 16.0 Å². The third-order valence-electron chi connectivity index (χ3n) is 3.68. The number of carbonyl (C=O) groups is 2. The van der Waals surface area contributed by atoms with Crippen molar-refractivity contribution in [3.63, 3.8) is 0 Å². The number of aliphatic carboxylic acids is 1. The molecule has 1 fully saturated rings. The van der Waals surface area contributed by atoms with E-state index in [2.05, 4.69) is 0 Å². The molecule has 1 aromatic carbocycles. The fourth-order valence-corrected chi connectivity index (χ4v) is 2.39. The van der Waals surface area contributed by atoms with Gasteiger partial charge in [-0.05, 0) is 30.5 Å². The summed E-state index contributed by atoms with van der Waals surface area (Å²) in [6, 6.07) is 7.69. The molecule has 1 N–H and O–H groups in total. The molecule has 0 spiro atoms. The van der Waals surface area contributed by atoms with Gasteiger partial charge in [0.15, 0.2) is 0 Å². The van der Waals surface area contributed by atoms with E-state index in [1.54, 1.807) is 12.0 Å². The van der Waals surface area contributed by atoms with Crippen LogP contribution in [0.5, 0.6) is 5.75 Å². The van der Waals surface area contributed by atoms with Crippen LogP contribution in [0.4, 0.5) is 0 Å². The van der Waals surface area contributed by atoms with Crippen LogP contribution >= 0.6 is 0 Å². The van der Waals surface area contributed by atoms with E-state index in [1.165, 1.54) is 0 Å². The van der Waals surface area contributed by atoms with Crippen LogP contribution in [0.2, 0.25) is 0 Å². The van der Waals surface area contributed by atoms with Crippen molar-refractivity contribution in [3.05, 3.63) is 29.8 Å². The maximum Gasteiger partial charge on any atom is 0.308 e. The highest BCUT2D eigenvalue weighted by Crippen LogP contribution is 2.19. The number of likely N-dealkylation sites (tertiary alicyclic amines) is 1. The number of hydrogen-bond donors (Lipinski definition) is 1. The minimum atomic E-state index is -0.813. The van der Waals surface area contributed by atoms with E-state index in [0.717, 1.165) is 17.7 Å². The third kappa shape index (κ3) is 3.50. The largest absolute Gasteiger partial charge is 0.497 e. The third-order valence-corrected chi connectivity index (χ3v) is 3.68. The van der Waals surface area contributed by atoms with Crippen molar-refractivity contribution in [1.29, 1.82) is 0 Å². The van der Waals surface area contributed by atoms with Gasteiger partial charge < -0.3 is 14.7 Å². The van der Waals surface area contributed by atoms with Crippen LogP contribution in [0, 0.1) is 5.92 Å². The molecule has 108 valence electrons. The molecule has 0 saturated carbocycles. The summed E-state index contributed by atoms with van der Waals surface area (Å²) < 4.78 is 5.09. The van der Waals surface area contributed by atoms with Crippen LogP contribution in [0.1, 0.15) is 18.4 Å². The van der Waals surface area contributed by atoms with Crippen molar-refractivity contribution < 1.29 is 19.4 Å². The van der Waals surface area contributed by atoms with E-state index in [0.29, 0.717) is 25.9 Å². The molecule has 5 nitrogen and oxygen atoms in total. The Labute approximate surface area is 118 Å². The number of carboxylic acids is 1. The number of ether oxygens (including phenoxy) is 1. The lowest BCUT2D eigenvalue weighted by atomic mass is 9.97. The first-order chi connectivity index (χ1) is 9.60. The summed E-state index contributed by atoms with van der Waals surface area (Å²) >= 11 is 0. The summed E-state index contributed by atoms with van der Waals surface area (Å²) in [5.74, 6) is -0.389. The molecule has 1 saturated heterocycles. The highest BCUT2D eigenvalue weighted by molar-refractivity contribution is 5.80. The van der Waals surface area contributed by atoms with Gasteiger partial charge in [0.05, 0.1) is 13.0 Å². The zero-order valence-corrected chi connectivity index (χ0v) is 11.5. The van der Waals surface area contributed by atoms with E-state index >= 15 is 0 Å². The molecule has 20 heavy (non-hydrogen) atoms. The maximum absolute atomic E-state index is 11.8. The molecule has 0 radical (unpaired) electrons.